The molecule has 4 saturated carbocycles. The first-order valence-electron chi connectivity index (χ1n) is 39.5. The number of rotatable bonds is 24. The van der Waals surface area contributed by atoms with Crippen molar-refractivity contribution in [1.29, 1.82) is 0 Å². The number of Topliss-reactive ketones (excluding diaryl/α,β-unsaturated/α-hetero) is 4. The van der Waals surface area contributed by atoms with Crippen LogP contribution >= 0.6 is 0 Å². The molecule has 0 aliphatic heterocycles. The van der Waals surface area contributed by atoms with E-state index in [1.807, 2.05) is 127 Å². The predicted octanol–water partition coefficient (Wildman–Crippen LogP) is 11.7. The van der Waals surface area contributed by atoms with Gasteiger partial charge in [0, 0.05) is 114 Å². The number of aryl methyl sites for hydroxylation is 1. The Morgan fingerprint density at radius 3 is 1.09 bits per heavy atom. The second-order valence-corrected chi connectivity index (χ2v) is 29.6. The maximum absolute atomic E-state index is 12.1. The van der Waals surface area contributed by atoms with Crippen LogP contribution in [0.15, 0.2) is 171 Å². The molecule has 0 amide bonds. The molecule has 8 aromatic heterocycles. The van der Waals surface area contributed by atoms with Gasteiger partial charge in [-0.1, -0.05) is 74.8 Å². The molecule has 12 aromatic rings. The number of ketones is 4. The zero-order chi connectivity index (χ0) is 81.7. The van der Waals surface area contributed by atoms with Gasteiger partial charge in [0.1, 0.15) is 29.6 Å². The van der Waals surface area contributed by atoms with Crippen molar-refractivity contribution in [3.05, 3.63) is 199 Å². The van der Waals surface area contributed by atoms with E-state index < -0.39 is 0 Å². The lowest BCUT2D eigenvalue weighted by molar-refractivity contribution is 0.100. The van der Waals surface area contributed by atoms with Crippen LogP contribution in [0.5, 0.6) is 0 Å². The van der Waals surface area contributed by atoms with Gasteiger partial charge in [-0.3, -0.25) is 19.2 Å². The molecule has 0 unspecified atom stereocenters. The van der Waals surface area contributed by atoms with Crippen LogP contribution in [0.3, 0.4) is 0 Å². The maximum atomic E-state index is 12.1. The molecule has 4 aliphatic carbocycles. The summed E-state index contributed by atoms with van der Waals surface area (Å²) in [6.45, 7) is 8.00. The third-order valence-electron chi connectivity index (χ3n) is 20.7. The number of anilines is 12. The van der Waals surface area contributed by atoms with Crippen LogP contribution in [0.1, 0.15) is 177 Å². The number of tetrazole rings is 1. The topological polar surface area (TPSA) is 482 Å². The second-order valence-electron chi connectivity index (χ2n) is 29.6. The van der Waals surface area contributed by atoms with Crippen molar-refractivity contribution in [1.82, 2.24) is 94.6 Å². The molecule has 117 heavy (non-hydrogen) atoms. The van der Waals surface area contributed by atoms with Crippen molar-refractivity contribution in [3.8, 4) is 22.7 Å². The van der Waals surface area contributed by atoms with Crippen LogP contribution in [0.25, 0.3) is 22.7 Å². The van der Waals surface area contributed by atoms with Gasteiger partial charge in [0.05, 0.1) is 64.1 Å². The second kappa shape index (κ2) is 39.2. The Morgan fingerprint density at radius 1 is 0.376 bits per heavy atom. The van der Waals surface area contributed by atoms with E-state index in [0.717, 1.165) is 154 Å². The fourth-order valence-electron chi connectivity index (χ4n) is 14.4. The highest BCUT2D eigenvalue weighted by atomic mass is 16.1. The average Bonchev–Trinajstić information content (AvgIpc) is 1.75. The van der Waals surface area contributed by atoms with Gasteiger partial charge in [-0.05, 0) is 187 Å². The maximum Gasteiger partial charge on any atom is 0.224 e. The first kappa shape index (κ1) is 81.8. The molecule has 4 fully saturated rings. The van der Waals surface area contributed by atoms with E-state index in [1.54, 1.807) is 63.7 Å². The number of hydrogen-bond donors (Lipinski definition) is 12. The van der Waals surface area contributed by atoms with Gasteiger partial charge in [-0.25, -0.2) is 29.3 Å². The standard InChI is InChI=1S/C22H26N6O.C21H26N8O.C20H24N8O.C19H23N9O/c1-15(29)18-14-24-22(26-20-10-3-2-9-19(20)23)27-21(18)25-16-7-6-8-17(13-16)28-11-4-5-12-28;1-13-9-15(11-16(10-13)29-24-7-8-25-29)26-20-17(14(2)30)12-23-21(28-20)27-19-6-4-3-5-18(19)22;1-13(29)16-12-22-20(25-18-8-3-2-7-17(18)21)26-19(16)24-14-5-4-6-15(11-14)28-10-9-23-27-28;1-12(29)15-10-21-19(24-17-8-3-2-7-16(17)20)25-18(15)23-13-5-4-6-14(9-13)28-11-22-26-27-28/h4-8,11-14,19-20H,2-3,9-10,23H2,1H3,(H2,24,25,26,27);7-12,18-19H,3-6,22H2,1-2H3,(H2,23,26,27,28);4-6,9-12,17-18H,2-3,7-8,21H2,1H3,(H2,22,24,25,26);4-6,9-11,16-17H,2-3,7-8,20H2,1H3,(H2,21,23,24,25)/t19-,20+;18-,19+;17-,18+;16-,17+/m0000/s1. The number of benzene rings is 4. The van der Waals surface area contributed by atoms with E-state index in [-0.39, 0.29) is 71.5 Å². The molecular formula is C82H99N31O4. The largest absolute Gasteiger partial charge is 0.350 e. The van der Waals surface area contributed by atoms with Crippen molar-refractivity contribution in [2.45, 2.75) is 186 Å². The van der Waals surface area contributed by atoms with Crippen molar-refractivity contribution in [2.75, 3.05) is 42.5 Å². The van der Waals surface area contributed by atoms with Gasteiger partial charge in [0.2, 0.25) is 23.8 Å². The first-order valence-corrected chi connectivity index (χ1v) is 39.5. The summed E-state index contributed by atoms with van der Waals surface area (Å²) in [5.74, 6) is 3.28. The molecule has 0 radical (unpaired) electrons. The van der Waals surface area contributed by atoms with Crippen molar-refractivity contribution in [3.63, 3.8) is 0 Å². The quantitative estimate of drug-likeness (QED) is 0.0250. The van der Waals surface area contributed by atoms with Crippen molar-refractivity contribution < 1.29 is 19.2 Å². The minimum absolute atomic E-state index is 0.0733. The zero-order valence-electron chi connectivity index (χ0n) is 66.0. The molecule has 8 heterocycles. The SMILES string of the molecule is CC(=O)c1cnc(N[C@@H]2CCCC[C@@H]2N)nc1Nc1cc(C)cc(-n2nccn2)c1.CC(=O)c1cnc(N[C@@H]2CCCC[C@@H]2N)nc1Nc1cccc(-n2cccc2)c1.CC(=O)c1cnc(N[C@@H]2CCCC[C@@H]2N)nc1Nc1cccc(-n2ccnn2)c1.CC(=O)c1cnc(N[C@@H]2CCCC[C@@H]2N)nc1Nc1cccc(-n2cnnn2)c1. The third kappa shape index (κ3) is 22.2. The fraction of sp³-hybridized carbons (Fsp3) is 0.354. The number of nitrogens with two attached hydrogens (primary N) is 4. The minimum Gasteiger partial charge on any atom is -0.350 e. The molecule has 35 heteroatoms. The highest BCUT2D eigenvalue weighted by Crippen LogP contribution is 2.31. The van der Waals surface area contributed by atoms with Crippen LogP contribution in [-0.4, -0.2) is 166 Å². The predicted molar refractivity (Wildman–Crippen MR) is 449 cm³/mol. The monoisotopic (exact) mass is 1580 g/mol. The lowest BCUT2D eigenvalue weighted by Gasteiger charge is -2.29. The third-order valence-corrected chi connectivity index (χ3v) is 20.7. The lowest BCUT2D eigenvalue weighted by atomic mass is 9.91. The molecule has 0 spiro atoms. The van der Waals surface area contributed by atoms with Crippen LogP contribution < -0.4 is 65.5 Å². The summed E-state index contributed by atoms with van der Waals surface area (Å²) in [7, 11) is 0. The van der Waals surface area contributed by atoms with E-state index >= 15 is 0 Å². The zero-order valence-corrected chi connectivity index (χ0v) is 66.0. The van der Waals surface area contributed by atoms with Gasteiger partial charge in [0.25, 0.3) is 0 Å². The van der Waals surface area contributed by atoms with Crippen LogP contribution in [0, 0.1) is 6.92 Å². The summed E-state index contributed by atoms with van der Waals surface area (Å²) in [6.07, 6.45) is 35.4. The van der Waals surface area contributed by atoms with Gasteiger partial charge < -0.3 is 70.0 Å². The summed E-state index contributed by atoms with van der Waals surface area (Å²) in [4.78, 5) is 85.6. The number of nitrogens with zero attached hydrogens (tertiary/aromatic N) is 19. The smallest absolute Gasteiger partial charge is 0.224 e. The van der Waals surface area contributed by atoms with E-state index in [0.29, 0.717) is 69.3 Å². The Bertz CT molecular complexity index is 4910. The Labute approximate surface area is 676 Å². The molecule has 0 bridgehead atoms. The van der Waals surface area contributed by atoms with Gasteiger partial charge in [-0.15, -0.1) is 10.2 Å². The minimum atomic E-state index is -0.120. The average molecular weight is 1580 g/mol. The molecule has 16 rings (SSSR count). The summed E-state index contributed by atoms with van der Waals surface area (Å²) >= 11 is 0. The molecule has 4 aliphatic rings. The van der Waals surface area contributed by atoms with Gasteiger partial charge in [-0.2, -0.15) is 34.9 Å². The van der Waals surface area contributed by atoms with Crippen LogP contribution in [-0.2, 0) is 0 Å². The Balaban J connectivity index is 0.000000135. The number of aromatic nitrogens is 19. The van der Waals surface area contributed by atoms with Crippen molar-refractivity contribution in [2.24, 2.45) is 22.9 Å². The highest BCUT2D eigenvalue weighted by molar-refractivity contribution is 6.01. The number of carbonyl (C=O) groups excluding carboxylic acids is 4. The molecule has 606 valence electrons. The van der Waals surface area contributed by atoms with Crippen molar-refractivity contribution >= 4 is 92.9 Å². The molecular weight excluding hydrogens is 1480 g/mol. The van der Waals surface area contributed by atoms with Gasteiger partial charge >= 0.3 is 0 Å². The lowest BCUT2D eigenvalue weighted by Crippen LogP contribution is -2.43. The molecule has 35 nitrogen and oxygen atoms in total. The summed E-state index contributed by atoms with van der Waals surface area (Å²) in [6, 6.07) is 33.7. The van der Waals surface area contributed by atoms with E-state index in [4.69, 9.17) is 22.9 Å². The summed E-state index contributed by atoms with van der Waals surface area (Å²) < 4.78 is 5.23. The Hall–Kier alpha value is -13.3. The van der Waals surface area contributed by atoms with Gasteiger partial charge in [0.15, 0.2) is 23.1 Å². The molecule has 4 aromatic carbocycles. The number of nitrogens with one attached hydrogen (secondary N) is 8. The van der Waals surface area contributed by atoms with Crippen LogP contribution in [0.2, 0.25) is 0 Å². The molecule has 0 saturated heterocycles. The summed E-state index contributed by atoms with van der Waals surface area (Å²) in [5.41, 5.74) is 34.3. The number of hydrogen-bond acceptors (Lipinski definition) is 31. The Morgan fingerprint density at radius 2 is 0.735 bits per heavy atom. The molecule has 8 atom stereocenters. The normalized spacial score (nSPS) is 18.9. The van der Waals surface area contributed by atoms with E-state index in [2.05, 4.69) is 118 Å². The van der Waals surface area contributed by atoms with Crippen LogP contribution in [0.4, 0.5) is 69.8 Å². The fourth-order valence-corrected chi connectivity index (χ4v) is 14.4. The number of carbonyl (C=O) groups is 4. The highest BCUT2D eigenvalue weighted by Gasteiger charge is 2.28. The van der Waals surface area contributed by atoms with E-state index in [1.165, 1.54) is 34.0 Å². The Kier molecular flexibility index (Phi) is 27.4. The molecule has 16 N–H and O–H groups in total. The van der Waals surface area contributed by atoms with E-state index in [9.17, 15) is 19.2 Å². The summed E-state index contributed by atoms with van der Waals surface area (Å²) in [5, 5.41) is 53.8. The first-order chi connectivity index (χ1) is 56.8.